The van der Waals surface area contributed by atoms with Gasteiger partial charge in [0.05, 0.1) is 22.1 Å². The van der Waals surface area contributed by atoms with Crippen molar-refractivity contribution < 1.29 is 19.2 Å². The van der Waals surface area contributed by atoms with Gasteiger partial charge in [0.1, 0.15) is 6.07 Å². The molecular formula is C13H13N3O5. The number of nitro benzene ring substituents is 1. The highest BCUT2D eigenvalue weighted by Gasteiger charge is 2.14. The third kappa shape index (κ3) is 4.58. The predicted molar refractivity (Wildman–Crippen MR) is 72.2 cm³/mol. The van der Waals surface area contributed by atoms with Crippen molar-refractivity contribution in [2.75, 3.05) is 11.9 Å². The zero-order chi connectivity index (χ0) is 16.0. The van der Waals surface area contributed by atoms with E-state index in [-0.39, 0.29) is 22.9 Å². The maximum Gasteiger partial charge on any atom is 0.308 e. The van der Waals surface area contributed by atoms with Crippen molar-refractivity contribution in [1.82, 2.24) is 0 Å². The molecule has 0 heterocycles. The van der Waals surface area contributed by atoms with Gasteiger partial charge in [-0.1, -0.05) is 13.8 Å². The summed E-state index contributed by atoms with van der Waals surface area (Å²) in [6.07, 6.45) is 0. The Hall–Kier alpha value is -2.95. The zero-order valence-electron chi connectivity index (χ0n) is 11.5. The molecule has 0 aromatic heterocycles. The van der Waals surface area contributed by atoms with Gasteiger partial charge in [-0.3, -0.25) is 19.7 Å². The molecule has 8 heteroatoms. The van der Waals surface area contributed by atoms with Crippen molar-refractivity contribution in [3.8, 4) is 6.07 Å². The van der Waals surface area contributed by atoms with Gasteiger partial charge in [0.2, 0.25) is 0 Å². The van der Waals surface area contributed by atoms with Crippen molar-refractivity contribution in [2.24, 2.45) is 5.92 Å². The number of hydrogen-bond acceptors (Lipinski definition) is 6. The quantitative estimate of drug-likeness (QED) is 0.499. The number of nitrogens with one attached hydrogen (secondary N) is 1. The van der Waals surface area contributed by atoms with E-state index in [1.165, 1.54) is 6.07 Å². The number of carbonyl (C=O) groups is 2. The van der Waals surface area contributed by atoms with Gasteiger partial charge in [-0.25, -0.2) is 0 Å². The van der Waals surface area contributed by atoms with Crippen LogP contribution in [0.4, 0.5) is 11.4 Å². The number of ether oxygens (including phenoxy) is 1. The third-order valence-corrected chi connectivity index (χ3v) is 2.43. The van der Waals surface area contributed by atoms with E-state index in [9.17, 15) is 19.7 Å². The molecule has 0 aliphatic rings. The second-order valence-corrected chi connectivity index (χ2v) is 4.41. The number of rotatable bonds is 5. The average Bonchev–Trinajstić information content (AvgIpc) is 2.44. The summed E-state index contributed by atoms with van der Waals surface area (Å²) >= 11 is 0. The molecule has 0 saturated heterocycles. The number of non-ortho nitro benzene ring substituents is 1. The Labute approximate surface area is 120 Å². The van der Waals surface area contributed by atoms with Crippen molar-refractivity contribution >= 4 is 23.3 Å². The Morgan fingerprint density at radius 1 is 1.48 bits per heavy atom. The molecule has 0 atom stereocenters. The van der Waals surface area contributed by atoms with E-state index >= 15 is 0 Å². The van der Waals surface area contributed by atoms with Crippen LogP contribution in [0.25, 0.3) is 0 Å². The lowest BCUT2D eigenvalue weighted by Crippen LogP contribution is -2.23. The highest BCUT2D eigenvalue weighted by atomic mass is 16.6. The van der Waals surface area contributed by atoms with Crippen LogP contribution in [0.15, 0.2) is 18.2 Å². The first-order valence-corrected chi connectivity index (χ1v) is 6.00. The van der Waals surface area contributed by atoms with Gasteiger partial charge in [-0.15, -0.1) is 0 Å². The second kappa shape index (κ2) is 7.00. The summed E-state index contributed by atoms with van der Waals surface area (Å²) in [6, 6.07) is 5.22. The first-order chi connectivity index (χ1) is 9.85. The van der Waals surface area contributed by atoms with Crippen LogP contribution in [-0.4, -0.2) is 23.4 Å². The van der Waals surface area contributed by atoms with E-state index in [1.807, 2.05) is 0 Å². The Kier molecular flexibility index (Phi) is 5.37. The largest absolute Gasteiger partial charge is 0.455 e. The molecule has 1 aromatic carbocycles. The fourth-order valence-corrected chi connectivity index (χ4v) is 1.34. The van der Waals surface area contributed by atoms with Gasteiger partial charge < -0.3 is 10.1 Å². The summed E-state index contributed by atoms with van der Waals surface area (Å²) in [6.45, 7) is 2.77. The Bertz CT molecular complexity index is 619. The second-order valence-electron chi connectivity index (χ2n) is 4.41. The normalized spacial score (nSPS) is 9.81. The molecule has 1 N–H and O–H groups in total. The molecular weight excluding hydrogens is 278 g/mol. The van der Waals surface area contributed by atoms with Crippen LogP contribution < -0.4 is 5.32 Å². The van der Waals surface area contributed by atoms with E-state index in [1.54, 1.807) is 19.9 Å². The molecule has 0 aliphatic heterocycles. The number of esters is 1. The number of anilines is 1. The van der Waals surface area contributed by atoms with Gasteiger partial charge in [-0.2, -0.15) is 5.26 Å². The van der Waals surface area contributed by atoms with Gasteiger partial charge >= 0.3 is 5.97 Å². The maximum atomic E-state index is 11.6. The summed E-state index contributed by atoms with van der Waals surface area (Å²) in [4.78, 5) is 32.8. The highest BCUT2D eigenvalue weighted by Crippen LogP contribution is 2.21. The van der Waals surface area contributed by atoms with Crippen LogP contribution in [0.1, 0.15) is 19.4 Å². The molecule has 1 amide bonds. The van der Waals surface area contributed by atoms with E-state index in [0.29, 0.717) is 0 Å². The molecule has 0 bridgehead atoms. The Balaban J connectivity index is 2.75. The average molecular weight is 291 g/mol. The topological polar surface area (TPSA) is 122 Å². The Morgan fingerprint density at radius 2 is 2.14 bits per heavy atom. The molecule has 0 radical (unpaired) electrons. The number of hydrogen-bond donors (Lipinski definition) is 1. The number of nitriles is 1. The number of amides is 1. The number of nitrogens with zero attached hydrogens (tertiary/aromatic N) is 2. The zero-order valence-corrected chi connectivity index (χ0v) is 11.5. The summed E-state index contributed by atoms with van der Waals surface area (Å²) in [7, 11) is 0. The van der Waals surface area contributed by atoms with Crippen LogP contribution in [-0.2, 0) is 14.3 Å². The smallest absolute Gasteiger partial charge is 0.308 e. The number of nitro groups is 1. The van der Waals surface area contributed by atoms with Crippen molar-refractivity contribution in [3.63, 3.8) is 0 Å². The number of benzene rings is 1. The third-order valence-electron chi connectivity index (χ3n) is 2.43. The van der Waals surface area contributed by atoms with Gasteiger partial charge in [0, 0.05) is 12.1 Å². The van der Waals surface area contributed by atoms with Gasteiger partial charge in [0.15, 0.2) is 6.61 Å². The lowest BCUT2D eigenvalue weighted by atomic mass is 10.1. The molecule has 21 heavy (non-hydrogen) atoms. The fourth-order valence-electron chi connectivity index (χ4n) is 1.34. The molecule has 0 unspecified atom stereocenters. The lowest BCUT2D eigenvalue weighted by Gasteiger charge is -2.09. The molecule has 1 aromatic rings. The SMILES string of the molecule is CC(C)C(=O)OCC(=O)Nc1ccc([N+](=O)[O-])cc1C#N. The lowest BCUT2D eigenvalue weighted by molar-refractivity contribution is -0.384. The minimum Gasteiger partial charge on any atom is -0.455 e. The summed E-state index contributed by atoms with van der Waals surface area (Å²) in [5, 5.41) is 21.9. The minimum absolute atomic E-state index is 0.0484. The molecule has 110 valence electrons. The molecule has 0 saturated carbocycles. The summed E-state index contributed by atoms with van der Waals surface area (Å²) in [5.74, 6) is -1.50. The van der Waals surface area contributed by atoms with E-state index in [4.69, 9.17) is 10.00 Å². The van der Waals surface area contributed by atoms with E-state index < -0.39 is 23.4 Å². The molecule has 1 rings (SSSR count). The maximum absolute atomic E-state index is 11.6. The molecule has 0 spiro atoms. The first-order valence-electron chi connectivity index (χ1n) is 6.00. The van der Waals surface area contributed by atoms with E-state index in [2.05, 4.69) is 5.32 Å². The highest BCUT2D eigenvalue weighted by molar-refractivity contribution is 5.94. The molecule has 8 nitrogen and oxygen atoms in total. The Morgan fingerprint density at radius 3 is 2.67 bits per heavy atom. The van der Waals surface area contributed by atoms with Crippen LogP contribution in [0.2, 0.25) is 0 Å². The minimum atomic E-state index is -0.642. The number of carbonyl (C=O) groups excluding carboxylic acids is 2. The van der Waals surface area contributed by atoms with E-state index in [0.717, 1.165) is 12.1 Å². The van der Waals surface area contributed by atoms with Crippen LogP contribution >= 0.6 is 0 Å². The first kappa shape index (κ1) is 16.1. The standard InChI is InChI=1S/C13H13N3O5/c1-8(2)13(18)21-7-12(17)15-11-4-3-10(16(19)20)5-9(11)6-14/h3-5,8H,7H2,1-2H3,(H,15,17). The van der Waals surface area contributed by atoms with Crippen molar-refractivity contribution in [3.05, 3.63) is 33.9 Å². The van der Waals surface area contributed by atoms with Crippen LogP contribution in [0.5, 0.6) is 0 Å². The van der Waals surface area contributed by atoms with Gasteiger partial charge in [0.25, 0.3) is 11.6 Å². The summed E-state index contributed by atoms with van der Waals surface area (Å²) < 4.78 is 4.73. The van der Waals surface area contributed by atoms with Crippen LogP contribution in [0.3, 0.4) is 0 Å². The molecule has 0 fully saturated rings. The van der Waals surface area contributed by atoms with Crippen molar-refractivity contribution in [1.29, 1.82) is 5.26 Å². The van der Waals surface area contributed by atoms with Gasteiger partial charge in [-0.05, 0) is 6.07 Å². The van der Waals surface area contributed by atoms with Crippen LogP contribution in [0, 0.1) is 27.4 Å². The summed E-state index contributed by atoms with van der Waals surface area (Å²) in [5.41, 5.74) is -0.183. The monoisotopic (exact) mass is 291 g/mol. The fraction of sp³-hybridized carbons (Fsp3) is 0.308. The molecule has 0 aliphatic carbocycles. The van der Waals surface area contributed by atoms with Crippen molar-refractivity contribution in [2.45, 2.75) is 13.8 Å². The predicted octanol–water partition coefficient (Wildman–Crippen LogP) is 1.60.